The number of esters is 1. The molecule has 2 N–H and O–H groups in total. The Morgan fingerprint density at radius 2 is 2.00 bits per heavy atom. The molecule has 0 aromatic rings. The van der Waals surface area contributed by atoms with Crippen molar-refractivity contribution in [2.45, 2.75) is 58.9 Å². The summed E-state index contributed by atoms with van der Waals surface area (Å²) in [5.74, 6) is 0.0210. The van der Waals surface area contributed by atoms with E-state index in [1.165, 1.54) is 19.3 Å². The van der Waals surface area contributed by atoms with Gasteiger partial charge in [0.2, 0.25) is 0 Å². The molecule has 100 valence electrons. The molecule has 0 aromatic carbocycles. The van der Waals surface area contributed by atoms with Crippen LogP contribution in [-0.4, -0.2) is 18.6 Å². The molecule has 0 radical (unpaired) electrons. The third kappa shape index (κ3) is 10.1. The molecule has 3 nitrogen and oxygen atoms in total. The van der Waals surface area contributed by atoms with Gasteiger partial charge >= 0.3 is 5.97 Å². The molecular formula is C14H27NO2. The van der Waals surface area contributed by atoms with Crippen molar-refractivity contribution in [3.63, 3.8) is 0 Å². The molecule has 0 rings (SSSR count). The highest BCUT2D eigenvalue weighted by atomic mass is 16.5. The van der Waals surface area contributed by atoms with Gasteiger partial charge in [-0.2, -0.15) is 0 Å². The van der Waals surface area contributed by atoms with Crippen LogP contribution in [0.15, 0.2) is 12.2 Å². The van der Waals surface area contributed by atoms with Crippen LogP contribution in [0.4, 0.5) is 0 Å². The number of carbonyl (C=O) groups is 1. The summed E-state index contributed by atoms with van der Waals surface area (Å²) in [6.07, 6.45) is 9.64. The number of allylic oxidation sites excluding steroid dienone is 1. The summed E-state index contributed by atoms with van der Waals surface area (Å²) < 4.78 is 5.05. The Balaban J connectivity index is 3.64. The summed E-state index contributed by atoms with van der Waals surface area (Å²) in [4.78, 5) is 11.4. The third-order valence-corrected chi connectivity index (χ3v) is 2.40. The van der Waals surface area contributed by atoms with E-state index in [0.717, 1.165) is 12.8 Å². The number of hydrogen-bond acceptors (Lipinski definition) is 3. The van der Waals surface area contributed by atoms with E-state index in [9.17, 15) is 4.79 Å². The van der Waals surface area contributed by atoms with Crippen LogP contribution in [0.25, 0.3) is 0 Å². The van der Waals surface area contributed by atoms with E-state index < -0.39 is 6.04 Å². The smallest absolute Gasteiger partial charge is 0.326 e. The van der Waals surface area contributed by atoms with Crippen molar-refractivity contribution in [2.24, 2.45) is 11.7 Å². The second kappa shape index (κ2) is 10.3. The van der Waals surface area contributed by atoms with Crippen LogP contribution in [0.1, 0.15) is 52.9 Å². The van der Waals surface area contributed by atoms with E-state index in [2.05, 4.69) is 6.92 Å². The molecule has 0 aromatic heterocycles. The molecule has 0 bridgehead atoms. The second-order valence-corrected chi connectivity index (χ2v) is 4.83. The van der Waals surface area contributed by atoms with Gasteiger partial charge in [-0.15, -0.1) is 0 Å². The SMILES string of the molecule is CCCCCCC=CC(N)C(=O)OCC(C)C. The molecule has 3 heteroatoms. The van der Waals surface area contributed by atoms with Gasteiger partial charge in [-0.05, 0) is 18.8 Å². The van der Waals surface area contributed by atoms with Crippen molar-refractivity contribution >= 4 is 5.97 Å². The molecule has 0 saturated carbocycles. The van der Waals surface area contributed by atoms with Crippen molar-refractivity contribution in [1.82, 2.24) is 0 Å². The van der Waals surface area contributed by atoms with Gasteiger partial charge in [-0.3, -0.25) is 4.79 Å². The quantitative estimate of drug-likeness (QED) is 0.383. The van der Waals surface area contributed by atoms with Crippen LogP contribution >= 0.6 is 0 Å². The summed E-state index contributed by atoms with van der Waals surface area (Å²) in [5.41, 5.74) is 5.68. The first-order valence-electron chi connectivity index (χ1n) is 6.66. The molecule has 1 atom stereocenters. The molecule has 0 saturated heterocycles. The highest BCUT2D eigenvalue weighted by Crippen LogP contribution is 2.03. The number of rotatable bonds is 9. The van der Waals surface area contributed by atoms with Crippen molar-refractivity contribution in [1.29, 1.82) is 0 Å². The largest absolute Gasteiger partial charge is 0.464 e. The van der Waals surface area contributed by atoms with Crippen molar-refractivity contribution in [2.75, 3.05) is 6.61 Å². The number of ether oxygens (including phenoxy) is 1. The van der Waals surface area contributed by atoms with Gasteiger partial charge in [0.15, 0.2) is 0 Å². The Kier molecular flexibility index (Phi) is 9.83. The van der Waals surface area contributed by atoms with Gasteiger partial charge < -0.3 is 10.5 Å². The molecule has 0 aliphatic carbocycles. The Morgan fingerprint density at radius 1 is 1.29 bits per heavy atom. The lowest BCUT2D eigenvalue weighted by atomic mass is 10.1. The normalized spacial score (nSPS) is 13.2. The number of unbranched alkanes of at least 4 members (excludes halogenated alkanes) is 4. The van der Waals surface area contributed by atoms with E-state index in [1.54, 1.807) is 6.08 Å². The van der Waals surface area contributed by atoms with Crippen LogP contribution in [-0.2, 0) is 9.53 Å². The van der Waals surface area contributed by atoms with Gasteiger partial charge in [0.25, 0.3) is 0 Å². The van der Waals surface area contributed by atoms with Crippen molar-refractivity contribution in [3.05, 3.63) is 12.2 Å². The molecular weight excluding hydrogens is 214 g/mol. The Bertz CT molecular complexity index is 224. The zero-order chi connectivity index (χ0) is 13.1. The van der Waals surface area contributed by atoms with Gasteiger partial charge in [-0.1, -0.05) is 52.2 Å². The fourth-order valence-electron chi connectivity index (χ4n) is 1.36. The minimum atomic E-state index is -0.611. The maximum atomic E-state index is 11.4. The zero-order valence-electron chi connectivity index (χ0n) is 11.4. The van der Waals surface area contributed by atoms with Gasteiger partial charge in [0.1, 0.15) is 6.04 Å². The van der Waals surface area contributed by atoms with Crippen LogP contribution in [0.5, 0.6) is 0 Å². The minimum Gasteiger partial charge on any atom is -0.464 e. The first-order valence-corrected chi connectivity index (χ1v) is 6.66. The van der Waals surface area contributed by atoms with E-state index in [4.69, 9.17) is 10.5 Å². The van der Waals surface area contributed by atoms with Gasteiger partial charge in [-0.25, -0.2) is 0 Å². The molecule has 0 aliphatic heterocycles. The van der Waals surface area contributed by atoms with Gasteiger partial charge in [0.05, 0.1) is 6.61 Å². The molecule has 0 amide bonds. The topological polar surface area (TPSA) is 52.3 Å². The average Bonchev–Trinajstić information content (AvgIpc) is 2.30. The predicted octanol–water partition coefficient (Wildman–Crippen LogP) is 3.04. The van der Waals surface area contributed by atoms with E-state index in [-0.39, 0.29) is 5.97 Å². The number of nitrogens with two attached hydrogens (primary N) is 1. The first-order chi connectivity index (χ1) is 8.07. The lowest BCUT2D eigenvalue weighted by Gasteiger charge is -2.09. The molecule has 17 heavy (non-hydrogen) atoms. The van der Waals surface area contributed by atoms with Crippen LogP contribution in [0.2, 0.25) is 0 Å². The molecule has 0 heterocycles. The highest BCUT2D eigenvalue weighted by molar-refractivity contribution is 5.77. The lowest BCUT2D eigenvalue weighted by Crippen LogP contribution is -2.31. The summed E-state index contributed by atoms with van der Waals surface area (Å²) in [6.45, 7) is 6.64. The van der Waals surface area contributed by atoms with Crippen LogP contribution < -0.4 is 5.73 Å². The summed E-state index contributed by atoms with van der Waals surface area (Å²) in [7, 11) is 0. The zero-order valence-corrected chi connectivity index (χ0v) is 11.4. The standard InChI is InChI=1S/C14H27NO2/c1-4-5-6-7-8-9-10-13(15)14(16)17-11-12(2)3/h9-10,12-13H,4-8,11,15H2,1-3H3. The Hall–Kier alpha value is -0.830. The summed E-state index contributed by atoms with van der Waals surface area (Å²) >= 11 is 0. The number of hydrogen-bond donors (Lipinski definition) is 1. The average molecular weight is 241 g/mol. The third-order valence-electron chi connectivity index (χ3n) is 2.40. The van der Waals surface area contributed by atoms with Gasteiger partial charge in [0, 0.05) is 0 Å². The van der Waals surface area contributed by atoms with Crippen LogP contribution in [0, 0.1) is 5.92 Å². The van der Waals surface area contributed by atoms with Crippen molar-refractivity contribution in [3.8, 4) is 0 Å². The van der Waals surface area contributed by atoms with E-state index in [0.29, 0.717) is 12.5 Å². The lowest BCUT2D eigenvalue weighted by molar-refractivity contribution is -0.145. The van der Waals surface area contributed by atoms with Crippen LogP contribution in [0.3, 0.4) is 0 Å². The first kappa shape index (κ1) is 16.2. The summed E-state index contributed by atoms with van der Waals surface area (Å²) in [6, 6.07) is -0.611. The highest BCUT2D eigenvalue weighted by Gasteiger charge is 2.11. The van der Waals surface area contributed by atoms with Crippen molar-refractivity contribution < 1.29 is 9.53 Å². The second-order valence-electron chi connectivity index (χ2n) is 4.83. The van der Waals surface area contributed by atoms with E-state index >= 15 is 0 Å². The minimum absolute atomic E-state index is 0.330. The predicted molar refractivity (Wildman–Crippen MR) is 71.7 cm³/mol. The fourth-order valence-corrected chi connectivity index (χ4v) is 1.36. The Morgan fingerprint density at radius 3 is 2.59 bits per heavy atom. The fraction of sp³-hybridized carbons (Fsp3) is 0.786. The number of carbonyl (C=O) groups excluding carboxylic acids is 1. The molecule has 1 unspecified atom stereocenters. The maximum absolute atomic E-state index is 11.4. The monoisotopic (exact) mass is 241 g/mol. The Labute approximate surface area is 105 Å². The summed E-state index contributed by atoms with van der Waals surface area (Å²) in [5, 5.41) is 0. The maximum Gasteiger partial charge on any atom is 0.326 e. The van der Waals surface area contributed by atoms with E-state index in [1.807, 2.05) is 19.9 Å². The molecule has 0 fully saturated rings. The molecule has 0 aliphatic rings. The molecule has 0 spiro atoms.